The topological polar surface area (TPSA) is 27.2 Å². The Morgan fingerprint density at radius 2 is 1.02 bits per heavy atom. The lowest BCUT2D eigenvalue weighted by Crippen LogP contribution is -1.95. The second kappa shape index (κ2) is 8.44. The van der Waals surface area contributed by atoms with Gasteiger partial charge in [0.05, 0.1) is 27.8 Å². The molecule has 41 heavy (non-hydrogen) atoms. The molecule has 0 aliphatic heterocycles. The van der Waals surface area contributed by atoms with Crippen molar-refractivity contribution < 1.29 is 0 Å². The van der Waals surface area contributed by atoms with Crippen molar-refractivity contribution >= 4 is 49.3 Å². The molecule has 0 amide bonds. The largest absolute Gasteiger partial charge is 0.309 e. The summed E-state index contributed by atoms with van der Waals surface area (Å²) in [5, 5.41) is 5.04. The van der Waals surface area contributed by atoms with Gasteiger partial charge in [0.25, 0.3) is 0 Å². The van der Waals surface area contributed by atoms with Crippen LogP contribution in [0.25, 0.3) is 71.9 Å². The summed E-state index contributed by atoms with van der Waals surface area (Å²) < 4.78 is 6.84. The van der Waals surface area contributed by atoms with Gasteiger partial charge in [0.1, 0.15) is 5.65 Å². The van der Waals surface area contributed by atoms with E-state index in [4.69, 9.17) is 4.98 Å². The van der Waals surface area contributed by atoms with Gasteiger partial charge in [0.2, 0.25) is 0 Å². The van der Waals surface area contributed by atoms with Gasteiger partial charge < -0.3 is 13.5 Å². The van der Waals surface area contributed by atoms with Gasteiger partial charge in [-0.2, -0.15) is 0 Å². The van der Waals surface area contributed by atoms with Crippen LogP contribution >= 0.6 is 0 Å². The molecule has 0 aliphatic carbocycles. The third kappa shape index (κ3) is 3.25. The average molecular weight is 525 g/mol. The predicted molar refractivity (Wildman–Crippen MR) is 169 cm³/mol. The molecule has 0 spiro atoms. The van der Waals surface area contributed by atoms with Crippen LogP contribution in [0, 0.1) is 0 Å². The molecule has 5 aromatic carbocycles. The van der Waals surface area contributed by atoms with Crippen molar-refractivity contribution in [2.24, 2.45) is 0 Å². The van der Waals surface area contributed by atoms with Gasteiger partial charge in [-0.05, 0) is 60.7 Å². The van der Waals surface area contributed by atoms with Gasteiger partial charge in [-0.1, -0.05) is 72.8 Å². The van der Waals surface area contributed by atoms with Crippen LogP contribution in [0.3, 0.4) is 0 Å². The lowest BCUT2D eigenvalue weighted by molar-refractivity contribution is 1.16. The summed E-state index contributed by atoms with van der Waals surface area (Å²) in [5.41, 5.74) is 10.1. The van der Waals surface area contributed by atoms with Gasteiger partial charge in [0, 0.05) is 50.9 Å². The van der Waals surface area contributed by atoms with E-state index < -0.39 is 0 Å². The minimum absolute atomic E-state index is 0.951. The molecule has 9 aromatic rings. The highest BCUT2D eigenvalue weighted by Crippen LogP contribution is 2.39. The van der Waals surface area contributed by atoms with E-state index >= 15 is 0 Å². The van der Waals surface area contributed by atoms with Gasteiger partial charge in [-0.15, -0.1) is 0 Å². The van der Waals surface area contributed by atoms with E-state index in [1.54, 1.807) is 0 Å². The fourth-order valence-corrected chi connectivity index (χ4v) is 6.42. The van der Waals surface area contributed by atoms with E-state index in [-0.39, 0.29) is 0 Å². The molecule has 4 nitrogen and oxygen atoms in total. The summed E-state index contributed by atoms with van der Waals surface area (Å²) in [7, 11) is 0. The van der Waals surface area contributed by atoms with Crippen LogP contribution in [-0.2, 0) is 0 Å². The number of aromatic nitrogens is 4. The summed E-state index contributed by atoms with van der Waals surface area (Å²) in [6.45, 7) is 0. The van der Waals surface area contributed by atoms with Crippen molar-refractivity contribution in [3.05, 3.63) is 146 Å². The third-order valence-corrected chi connectivity index (χ3v) is 8.27. The van der Waals surface area contributed by atoms with Crippen LogP contribution in [-0.4, -0.2) is 18.5 Å². The first-order chi connectivity index (χ1) is 20.3. The van der Waals surface area contributed by atoms with E-state index in [2.05, 4.69) is 135 Å². The standard InChI is InChI=1S/C37H24N4/c1-2-10-26(11-3-1)40-33-14-6-4-12-28(33)30-22-31-29-13-5-7-15-34(29)41(36(31)23-35(30)40)27-19-17-25(18-20-27)32-24-39-21-9-8-16-37(39)38-32/h1-24H. The number of rotatable bonds is 3. The molecule has 4 heterocycles. The molecule has 0 saturated carbocycles. The Balaban J connectivity index is 1.31. The minimum Gasteiger partial charge on any atom is -0.309 e. The fraction of sp³-hybridized carbons (Fsp3) is 0. The van der Waals surface area contributed by atoms with Crippen LogP contribution in [0.2, 0.25) is 0 Å². The third-order valence-electron chi connectivity index (χ3n) is 8.27. The summed E-state index contributed by atoms with van der Waals surface area (Å²) in [4.78, 5) is 4.82. The maximum Gasteiger partial charge on any atom is 0.137 e. The maximum atomic E-state index is 4.82. The van der Waals surface area contributed by atoms with Gasteiger partial charge in [-0.25, -0.2) is 4.98 Å². The van der Waals surface area contributed by atoms with Crippen molar-refractivity contribution in [2.75, 3.05) is 0 Å². The first-order valence-electron chi connectivity index (χ1n) is 13.9. The lowest BCUT2D eigenvalue weighted by Gasteiger charge is -2.10. The van der Waals surface area contributed by atoms with Crippen LogP contribution in [0.15, 0.2) is 146 Å². The summed E-state index contributed by atoms with van der Waals surface area (Å²) in [6, 6.07) is 47.7. The zero-order valence-corrected chi connectivity index (χ0v) is 22.1. The zero-order valence-electron chi connectivity index (χ0n) is 22.1. The second-order valence-corrected chi connectivity index (χ2v) is 10.6. The van der Waals surface area contributed by atoms with Crippen molar-refractivity contribution in [3.63, 3.8) is 0 Å². The summed E-state index contributed by atoms with van der Waals surface area (Å²) in [6.07, 6.45) is 4.12. The number of nitrogens with zero attached hydrogens (tertiary/aromatic N) is 4. The Morgan fingerprint density at radius 1 is 0.439 bits per heavy atom. The molecule has 0 N–H and O–H groups in total. The first-order valence-corrected chi connectivity index (χ1v) is 13.9. The molecule has 0 saturated heterocycles. The fourth-order valence-electron chi connectivity index (χ4n) is 6.42. The Labute approximate surface area is 236 Å². The first kappa shape index (κ1) is 22.2. The minimum atomic E-state index is 0.951. The Kier molecular flexibility index (Phi) is 4.58. The molecule has 0 fully saturated rings. The molecule has 4 aromatic heterocycles. The maximum absolute atomic E-state index is 4.82. The van der Waals surface area contributed by atoms with E-state index in [0.29, 0.717) is 0 Å². The number of imidazole rings is 1. The molecule has 192 valence electrons. The van der Waals surface area contributed by atoms with Crippen molar-refractivity contribution in [1.29, 1.82) is 0 Å². The molecule has 4 heteroatoms. The second-order valence-electron chi connectivity index (χ2n) is 10.6. The lowest BCUT2D eigenvalue weighted by atomic mass is 10.1. The van der Waals surface area contributed by atoms with Crippen molar-refractivity contribution in [2.45, 2.75) is 0 Å². The Bertz CT molecular complexity index is 2370. The SMILES string of the molecule is c1ccc(-n2c3ccccc3c3cc4c5ccccc5n(-c5ccc(-c6cn7ccccc7n6)cc5)c4cc32)cc1. The number of pyridine rings is 1. The highest BCUT2D eigenvalue weighted by atomic mass is 15.0. The van der Waals surface area contributed by atoms with E-state index in [0.717, 1.165) is 28.3 Å². The van der Waals surface area contributed by atoms with Gasteiger partial charge in [0.15, 0.2) is 0 Å². The van der Waals surface area contributed by atoms with Gasteiger partial charge >= 0.3 is 0 Å². The number of para-hydroxylation sites is 3. The van der Waals surface area contributed by atoms with E-state index in [9.17, 15) is 0 Å². The molecular weight excluding hydrogens is 500 g/mol. The molecule has 0 aliphatic rings. The van der Waals surface area contributed by atoms with Crippen LogP contribution in [0.5, 0.6) is 0 Å². The zero-order chi connectivity index (χ0) is 26.9. The number of fused-ring (bicyclic) bond motifs is 7. The smallest absolute Gasteiger partial charge is 0.137 e. The molecule has 0 atom stereocenters. The normalized spacial score (nSPS) is 11.9. The highest BCUT2D eigenvalue weighted by Gasteiger charge is 2.18. The quantitative estimate of drug-likeness (QED) is 0.226. The predicted octanol–water partition coefficient (Wildman–Crippen LogP) is 9.20. The molecule has 0 radical (unpaired) electrons. The molecular formula is C37H24N4. The van der Waals surface area contributed by atoms with Crippen molar-refractivity contribution in [1.82, 2.24) is 18.5 Å². The van der Waals surface area contributed by atoms with Crippen LogP contribution in [0.1, 0.15) is 0 Å². The highest BCUT2D eigenvalue weighted by molar-refractivity contribution is 6.19. The Morgan fingerprint density at radius 3 is 1.68 bits per heavy atom. The molecule has 0 bridgehead atoms. The molecule has 0 unspecified atom stereocenters. The summed E-state index contributed by atoms with van der Waals surface area (Å²) >= 11 is 0. The summed E-state index contributed by atoms with van der Waals surface area (Å²) in [5.74, 6) is 0. The molecule has 9 rings (SSSR count). The monoisotopic (exact) mass is 524 g/mol. The van der Waals surface area contributed by atoms with Crippen molar-refractivity contribution in [3.8, 4) is 22.6 Å². The van der Waals surface area contributed by atoms with Crippen LogP contribution in [0.4, 0.5) is 0 Å². The average Bonchev–Trinajstić information content (AvgIpc) is 3.70. The van der Waals surface area contributed by atoms with E-state index in [1.165, 1.54) is 43.6 Å². The van der Waals surface area contributed by atoms with Gasteiger partial charge in [-0.3, -0.25) is 0 Å². The van der Waals surface area contributed by atoms with E-state index in [1.807, 2.05) is 24.4 Å². The number of hydrogen-bond acceptors (Lipinski definition) is 1. The number of hydrogen-bond donors (Lipinski definition) is 0. The number of benzene rings is 5. The van der Waals surface area contributed by atoms with Crippen LogP contribution < -0.4 is 0 Å². The Hall–Kier alpha value is -5.61.